The van der Waals surface area contributed by atoms with E-state index in [-0.39, 0.29) is 18.4 Å². The molecule has 7 nitrogen and oxygen atoms in total. The van der Waals surface area contributed by atoms with Crippen molar-refractivity contribution < 1.29 is 14.1 Å². The Bertz CT molecular complexity index is 1120. The smallest absolute Gasteiger partial charge is 0.260 e. The van der Waals surface area contributed by atoms with E-state index in [0.717, 1.165) is 5.56 Å². The Morgan fingerprint density at radius 2 is 1.62 bits per heavy atom. The summed E-state index contributed by atoms with van der Waals surface area (Å²) in [5.41, 5.74) is 7.46. The summed E-state index contributed by atoms with van der Waals surface area (Å²) in [4.78, 5) is 22.7. The number of alkyl halides is 2. The van der Waals surface area contributed by atoms with Crippen LogP contribution < -0.4 is 16.0 Å². The highest BCUT2D eigenvalue weighted by Crippen LogP contribution is 2.36. The fourth-order valence-corrected chi connectivity index (χ4v) is 3.78. The van der Waals surface area contributed by atoms with E-state index in [1.54, 1.807) is 36.4 Å². The highest BCUT2D eigenvalue weighted by atomic mass is 35.5. The van der Waals surface area contributed by atoms with E-state index in [4.69, 9.17) is 56.7 Å². The maximum absolute atomic E-state index is 12.2. The van der Waals surface area contributed by atoms with Crippen molar-refractivity contribution in [2.24, 2.45) is 5.73 Å². The number of hydrogen-bond acceptors (Lipinski definition) is 5. The second kappa shape index (κ2) is 17.3. The molecule has 0 unspecified atom stereocenters. The van der Waals surface area contributed by atoms with E-state index in [1.807, 2.05) is 26.0 Å². The lowest BCUT2D eigenvalue weighted by Gasteiger charge is -2.21. The minimum absolute atomic E-state index is 0.0911. The molecule has 0 radical (unpaired) electrons. The molecule has 1 aromatic heterocycles. The summed E-state index contributed by atoms with van der Waals surface area (Å²) in [6.07, 6.45) is 1.25. The fraction of sp³-hybridized carbons (Fsp3) is 0.346. The molecule has 0 atom stereocenters. The van der Waals surface area contributed by atoms with Gasteiger partial charge in [0.2, 0.25) is 5.91 Å². The number of likely N-dealkylation sites (N-methyl/N-ethyl adjacent to an activating group) is 1. The van der Waals surface area contributed by atoms with Crippen molar-refractivity contribution in [1.82, 2.24) is 10.5 Å². The fourth-order valence-electron chi connectivity index (χ4n) is 2.95. The van der Waals surface area contributed by atoms with Crippen molar-refractivity contribution in [1.29, 1.82) is 0 Å². The monoisotopic (exact) mass is 588 g/mol. The quantitative estimate of drug-likeness (QED) is 0.290. The third-order valence-corrected chi connectivity index (χ3v) is 5.50. The van der Waals surface area contributed by atoms with Crippen molar-refractivity contribution in [2.75, 3.05) is 24.5 Å². The number of halogens is 4. The minimum atomic E-state index is -1.13. The van der Waals surface area contributed by atoms with Crippen LogP contribution in [0.4, 0.5) is 5.69 Å². The van der Waals surface area contributed by atoms with Crippen LogP contribution in [0.3, 0.4) is 0 Å². The van der Waals surface area contributed by atoms with Gasteiger partial charge in [-0.1, -0.05) is 90.0 Å². The third kappa shape index (κ3) is 10.2. The average Bonchev–Trinajstić information content (AvgIpc) is 3.35. The maximum atomic E-state index is 12.2. The summed E-state index contributed by atoms with van der Waals surface area (Å²) in [6.45, 7) is 9.12. The lowest BCUT2D eigenvalue weighted by Crippen LogP contribution is -2.34. The van der Waals surface area contributed by atoms with Crippen molar-refractivity contribution in [3.05, 3.63) is 58.6 Å². The van der Waals surface area contributed by atoms with E-state index in [1.165, 1.54) is 11.3 Å². The number of anilines is 1. The maximum Gasteiger partial charge on any atom is 0.260 e. The summed E-state index contributed by atoms with van der Waals surface area (Å²) in [7, 11) is 0. The van der Waals surface area contributed by atoms with Gasteiger partial charge in [-0.25, -0.2) is 0 Å². The molecule has 0 saturated carbocycles. The molecule has 0 saturated heterocycles. The molecule has 0 fully saturated rings. The van der Waals surface area contributed by atoms with Gasteiger partial charge in [0.05, 0.1) is 16.6 Å². The second-order valence-electron chi connectivity index (χ2n) is 7.47. The number of benzene rings is 2. The number of rotatable bonds is 7. The largest absolute Gasteiger partial charge is 0.356 e. The normalized spacial score (nSPS) is 10.1. The van der Waals surface area contributed by atoms with Crippen LogP contribution in [0.15, 0.2) is 53.1 Å². The van der Waals surface area contributed by atoms with Gasteiger partial charge in [0, 0.05) is 36.0 Å². The van der Waals surface area contributed by atoms with Gasteiger partial charge in [0.25, 0.3) is 5.91 Å². The van der Waals surface area contributed by atoms with Gasteiger partial charge >= 0.3 is 0 Å². The van der Waals surface area contributed by atoms with Crippen LogP contribution in [-0.4, -0.2) is 41.4 Å². The van der Waals surface area contributed by atoms with Crippen molar-refractivity contribution in [3.8, 4) is 22.6 Å². The summed E-state index contributed by atoms with van der Waals surface area (Å²) < 4.78 is 5.47. The lowest BCUT2D eigenvalue weighted by atomic mass is 10.1. The molecular formula is C26H32Cl4N4O3. The first-order chi connectivity index (χ1) is 17.6. The number of hydrogen-bond donors (Lipinski definition) is 2. The summed E-state index contributed by atoms with van der Waals surface area (Å²) in [5, 5.41) is 7.57. The van der Waals surface area contributed by atoms with Gasteiger partial charge < -0.3 is 20.5 Å². The van der Waals surface area contributed by atoms with Gasteiger partial charge in [-0.15, -0.1) is 0 Å². The number of nitrogens with one attached hydrogen (secondary N) is 1. The van der Waals surface area contributed by atoms with Crippen LogP contribution >= 0.6 is 46.4 Å². The Labute approximate surface area is 238 Å². The molecule has 202 valence electrons. The van der Waals surface area contributed by atoms with E-state index in [0.29, 0.717) is 45.8 Å². The zero-order valence-electron chi connectivity index (χ0n) is 21.2. The van der Waals surface area contributed by atoms with Crippen LogP contribution in [0.25, 0.3) is 22.6 Å². The van der Waals surface area contributed by atoms with Crippen molar-refractivity contribution >= 4 is 63.9 Å². The predicted molar refractivity (Wildman–Crippen MR) is 155 cm³/mol. The molecule has 11 heteroatoms. The summed E-state index contributed by atoms with van der Waals surface area (Å²) >= 11 is 23.9. The molecule has 0 aliphatic rings. The van der Waals surface area contributed by atoms with Crippen LogP contribution in [0.2, 0.25) is 10.0 Å². The molecule has 0 aliphatic carbocycles. The Morgan fingerprint density at radius 1 is 1.03 bits per heavy atom. The zero-order valence-corrected chi connectivity index (χ0v) is 24.3. The molecule has 3 aromatic rings. The highest BCUT2D eigenvalue weighted by Gasteiger charge is 2.21. The van der Waals surface area contributed by atoms with E-state index < -0.39 is 4.84 Å². The Hall–Kier alpha value is -2.29. The second-order valence-corrected chi connectivity index (χ2v) is 9.38. The minimum Gasteiger partial charge on any atom is -0.356 e. The first kappa shape index (κ1) is 32.7. The SMILES string of the molecule is CCC.CCN(C(=O)C(Cl)Cl)c1cccc(-c2cc(-c3c(Cl)cccc3Cl)no2)c1.CCNC(=O)CN. The van der Waals surface area contributed by atoms with Crippen LogP contribution in [0, 0.1) is 0 Å². The van der Waals surface area contributed by atoms with Crippen LogP contribution in [-0.2, 0) is 9.59 Å². The molecule has 2 amide bonds. The highest BCUT2D eigenvalue weighted by molar-refractivity contribution is 6.54. The van der Waals surface area contributed by atoms with Gasteiger partial charge in [-0.2, -0.15) is 0 Å². The Morgan fingerprint density at radius 3 is 2.11 bits per heavy atom. The Kier molecular flexibility index (Phi) is 15.3. The standard InChI is InChI=1S/C19H14Cl4N2O2.C4H10N2O.C3H8/c1-2-25(19(26)18(22)23)12-6-3-5-11(9-12)16-10-15(24-27-16)17-13(20)7-4-8-14(17)21;1-2-6-4(7)3-5;1-3-2/h3-10,18H,2H2,1H3;2-3,5H2,1H3,(H,6,7);3H2,1-2H3. The molecule has 0 bridgehead atoms. The molecule has 0 aliphatic heterocycles. The lowest BCUT2D eigenvalue weighted by molar-refractivity contribution is -0.119. The molecule has 3 N–H and O–H groups in total. The summed E-state index contributed by atoms with van der Waals surface area (Å²) in [6, 6.07) is 14.2. The number of nitrogens with zero attached hydrogens (tertiary/aromatic N) is 2. The number of carbonyl (C=O) groups excluding carboxylic acids is 2. The molecular weight excluding hydrogens is 558 g/mol. The van der Waals surface area contributed by atoms with Gasteiger partial charge in [0.15, 0.2) is 10.6 Å². The summed E-state index contributed by atoms with van der Waals surface area (Å²) in [5.74, 6) is 0.0289. The zero-order chi connectivity index (χ0) is 28.0. The average molecular weight is 590 g/mol. The van der Waals surface area contributed by atoms with E-state index >= 15 is 0 Å². The Balaban J connectivity index is 0.000000584. The number of carbonyl (C=O) groups is 2. The van der Waals surface area contributed by atoms with Crippen LogP contribution in [0.5, 0.6) is 0 Å². The number of nitrogens with two attached hydrogens (primary N) is 1. The van der Waals surface area contributed by atoms with Crippen molar-refractivity contribution in [2.45, 2.75) is 39.0 Å². The third-order valence-electron chi connectivity index (χ3n) is 4.50. The van der Waals surface area contributed by atoms with Gasteiger partial charge in [0.1, 0.15) is 5.69 Å². The number of aromatic nitrogens is 1. The molecule has 37 heavy (non-hydrogen) atoms. The number of amides is 2. The molecule has 3 rings (SSSR count). The molecule has 2 aromatic carbocycles. The van der Waals surface area contributed by atoms with Crippen LogP contribution in [0.1, 0.15) is 34.1 Å². The predicted octanol–water partition coefficient (Wildman–Crippen LogP) is 6.97. The molecule has 0 spiro atoms. The van der Waals surface area contributed by atoms with Gasteiger partial charge in [-0.05, 0) is 38.1 Å². The topological polar surface area (TPSA) is 101 Å². The van der Waals surface area contributed by atoms with E-state index in [2.05, 4.69) is 24.3 Å². The van der Waals surface area contributed by atoms with Gasteiger partial charge in [-0.3, -0.25) is 9.59 Å². The van der Waals surface area contributed by atoms with Crippen molar-refractivity contribution in [3.63, 3.8) is 0 Å². The molecule has 1 heterocycles. The first-order valence-corrected chi connectivity index (χ1v) is 13.4. The first-order valence-electron chi connectivity index (χ1n) is 11.7. The van der Waals surface area contributed by atoms with E-state index in [9.17, 15) is 9.59 Å².